The van der Waals surface area contributed by atoms with Gasteiger partial charge in [-0.25, -0.2) is 4.79 Å². The van der Waals surface area contributed by atoms with Gasteiger partial charge in [-0.15, -0.1) is 5.10 Å². The number of carbonyl (C=O) groups is 1. The summed E-state index contributed by atoms with van der Waals surface area (Å²) in [4.78, 5) is 12.8. The zero-order chi connectivity index (χ0) is 21.5. The predicted octanol–water partition coefficient (Wildman–Crippen LogP) is 3.33. The summed E-state index contributed by atoms with van der Waals surface area (Å²) >= 11 is 0. The Hall–Kier alpha value is -3.82. The fourth-order valence-electron chi connectivity index (χ4n) is 2.59. The van der Waals surface area contributed by atoms with Gasteiger partial charge in [-0.05, 0) is 46.7 Å². The van der Waals surface area contributed by atoms with Gasteiger partial charge in [0.25, 0.3) is 0 Å². The van der Waals surface area contributed by atoms with Gasteiger partial charge in [0.15, 0.2) is 23.0 Å². The van der Waals surface area contributed by atoms with Crippen molar-refractivity contribution in [3.05, 3.63) is 65.5 Å². The number of tetrazole rings is 1. The van der Waals surface area contributed by atoms with Gasteiger partial charge in [-0.2, -0.15) is 13.5 Å². The number of rotatable bonds is 8. The molecule has 0 radical (unpaired) electrons. The van der Waals surface area contributed by atoms with E-state index in [0.717, 1.165) is 5.56 Å². The lowest BCUT2D eigenvalue weighted by molar-refractivity contribution is -0.138. The molecule has 0 saturated heterocycles. The second kappa shape index (κ2) is 9.59. The molecule has 3 rings (SSSR count). The van der Waals surface area contributed by atoms with Gasteiger partial charge in [0.2, 0.25) is 0 Å². The Morgan fingerprint density at radius 1 is 1.17 bits per heavy atom. The van der Waals surface area contributed by atoms with Crippen molar-refractivity contribution >= 4 is 17.7 Å². The van der Waals surface area contributed by atoms with Crippen LogP contribution in [0, 0.1) is 6.92 Å². The molecule has 1 aromatic heterocycles. The molecule has 8 nitrogen and oxygen atoms in total. The maximum atomic E-state index is 12.8. The molecule has 0 fully saturated rings. The summed E-state index contributed by atoms with van der Waals surface area (Å²) in [5, 5.41) is 11.2. The third-order valence-corrected chi connectivity index (χ3v) is 3.98. The van der Waals surface area contributed by atoms with Crippen LogP contribution in [0.4, 0.5) is 8.78 Å². The molecule has 2 aromatic carbocycles. The van der Waals surface area contributed by atoms with E-state index in [2.05, 4.69) is 20.3 Å². The minimum atomic E-state index is -2.98. The van der Waals surface area contributed by atoms with Gasteiger partial charge in [0, 0.05) is 0 Å². The van der Waals surface area contributed by atoms with Crippen molar-refractivity contribution in [2.75, 3.05) is 7.11 Å². The Morgan fingerprint density at radius 3 is 2.57 bits per heavy atom. The first-order valence-corrected chi connectivity index (χ1v) is 8.79. The fourth-order valence-corrected chi connectivity index (χ4v) is 2.59. The number of aryl methyl sites for hydroxylation is 1. The smallest absolute Gasteiger partial charge is 0.387 e. The summed E-state index contributed by atoms with van der Waals surface area (Å²) in [6.07, 6.45) is 1.60. The molecule has 0 N–H and O–H groups in total. The summed E-state index contributed by atoms with van der Waals surface area (Å²) in [5.74, 6) is -0.276. The molecule has 0 aliphatic heterocycles. The molecular weight excluding hydrogens is 398 g/mol. The van der Waals surface area contributed by atoms with Crippen molar-refractivity contribution in [3.8, 4) is 11.5 Å². The highest BCUT2D eigenvalue weighted by molar-refractivity contribution is 6.15. The first-order valence-electron chi connectivity index (χ1n) is 8.79. The molecule has 0 atom stereocenters. The van der Waals surface area contributed by atoms with Crippen LogP contribution in [0.1, 0.15) is 17.0 Å². The number of methoxy groups -OCH3 is 1. The van der Waals surface area contributed by atoms with Gasteiger partial charge >= 0.3 is 12.6 Å². The van der Waals surface area contributed by atoms with Crippen molar-refractivity contribution in [1.82, 2.24) is 20.2 Å². The molecule has 0 unspecified atom stereocenters. The zero-order valence-corrected chi connectivity index (χ0v) is 16.2. The summed E-state index contributed by atoms with van der Waals surface area (Å²) < 4.78 is 41.0. The van der Waals surface area contributed by atoms with E-state index in [-0.39, 0.29) is 23.8 Å². The molecule has 1 heterocycles. The second-order valence-corrected chi connectivity index (χ2v) is 6.02. The highest BCUT2D eigenvalue weighted by Gasteiger charge is 2.18. The molecule has 156 valence electrons. The third kappa shape index (κ3) is 5.16. The molecule has 0 bridgehead atoms. The Labute approximate surface area is 170 Å². The molecule has 3 aromatic rings. The zero-order valence-electron chi connectivity index (χ0n) is 16.2. The van der Waals surface area contributed by atoms with E-state index in [1.54, 1.807) is 13.0 Å². The van der Waals surface area contributed by atoms with Crippen molar-refractivity contribution in [2.24, 2.45) is 0 Å². The van der Waals surface area contributed by atoms with E-state index in [1.807, 2.05) is 30.3 Å². The minimum absolute atomic E-state index is 0.0974. The van der Waals surface area contributed by atoms with Crippen molar-refractivity contribution < 1.29 is 27.8 Å². The maximum absolute atomic E-state index is 12.8. The number of carbonyl (C=O) groups excluding carboxylic acids is 1. The van der Waals surface area contributed by atoms with Crippen LogP contribution in [0.15, 0.2) is 48.5 Å². The number of nitrogens with zero attached hydrogens (tertiary/aromatic N) is 4. The van der Waals surface area contributed by atoms with E-state index >= 15 is 0 Å². The van der Waals surface area contributed by atoms with Crippen LogP contribution in [-0.4, -0.2) is 39.9 Å². The SMILES string of the molecule is COc1cc(COC(=O)/C(=C/c2ccccc2)n2nnnc2C)ccc1OC(F)F. The highest BCUT2D eigenvalue weighted by atomic mass is 19.3. The van der Waals surface area contributed by atoms with E-state index in [9.17, 15) is 13.6 Å². The molecule has 0 saturated carbocycles. The van der Waals surface area contributed by atoms with Gasteiger partial charge in [0.05, 0.1) is 7.11 Å². The van der Waals surface area contributed by atoms with Crippen molar-refractivity contribution in [2.45, 2.75) is 20.1 Å². The number of aromatic nitrogens is 4. The predicted molar refractivity (Wildman–Crippen MR) is 103 cm³/mol. The Kier molecular flexibility index (Phi) is 6.68. The largest absolute Gasteiger partial charge is 0.493 e. The summed E-state index contributed by atoms with van der Waals surface area (Å²) in [6.45, 7) is -1.45. The first-order chi connectivity index (χ1) is 14.5. The van der Waals surface area contributed by atoms with E-state index in [0.29, 0.717) is 11.4 Å². The number of benzene rings is 2. The molecule has 0 aliphatic rings. The standard InChI is InChI=1S/C20H18F2N4O4/c1-13-23-24-25-26(13)16(10-14-6-4-3-5-7-14)19(27)29-12-15-8-9-17(30-20(21)22)18(11-15)28-2/h3-11,20H,12H2,1-2H3/b16-10-. The van der Waals surface area contributed by atoms with E-state index < -0.39 is 12.6 Å². The van der Waals surface area contributed by atoms with Crippen LogP contribution in [0.3, 0.4) is 0 Å². The monoisotopic (exact) mass is 416 g/mol. The summed E-state index contributed by atoms with van der Waals surface area (Å²) in [7, 11) is 1.32. The fraction of sp³-hybridized carbons (Fsp3) is 0.200. The quantitative estimate of drug-likeness (QED) is 0.411. The molecule has 30 heavy (non-hydrogen) atoms. The van der Waals surface area contributed by atoms with Crippen LogP contribution in [-0.2, 0) is 16.1 Å². The normalized spacial score (nSPS) is 11.4. The van der Waals surface area contributed by atoms with Crippen molar-refractivity contribution in [3.63, 3.8) is 0 Å². The number of alkyl halides is 2. The molecule has 0 spiro atoms. The average Bonchev–Trinajstić information content (AvgIpc) is 3.17. The number of halogens is 2. The van der Waals surface area contributed by atoms with Crippen molar-refractivity contribution in [1.29, 1.82) is 0 Å². The van der Waals surface area contributed by atoms with Crippen LogP contribution < -0.4 is 9.47 Å². The van der Waals surface area contributed by atoms with E-state index in [4.69, 9.17) is 9.47 Å². The van der Waals surface area contributed by atoms with Gasteiger partial charge < -0.3 is 14.2 Å². The maximum Gasteiger partial charge on any atom is 0.387 e. The lowest BCUT2D eigenvalue weighted by Crippen LogP contribution is -2.15. The Bertz CT molecular complexity index is 1040. The summed E-state index contributed by atoms with van der Waals surface area (Å²) in [6, 6.07) is 13.4. The number of hydrogen-bond donors (Lipinski definition) is 0. The highest BCUT2D eigenvalue weighted by Crippen LogP contribution is 2.29. The van der Waals surface area contributed by atoms with Crippen LogP contribution in [0.2, 0.25) is 0 Å². The summed E-state index contributed by atoms with van der Waals surface area (Å²) in [5.41, 5.74) is 1.40. The lowest BCUT2D eigenvalue weighted by atomic mass is 10.2. The van der Waals surface area contributed by atoms with Crippen LogP contribution in [0.5, 0.6) is 11.5 Å². The molecule has 10 heteroatoms. The second-order valence-electron chi connectivity index (χ2n) is 6.02. The lowest BCUT2D eigenvalue weighted by Gasteiger charge is -2.12. The molecule has 0 amide bonds. The number of hydrogen-bond acceptors (Lipinski definition) is 7. The van der Waals surface area contributed by atoms with E-state index in [1.165, 1.54) is 30.0 Å². The minimum Gasteiger partial charge on any atom is -0.493 e. The third-order valence-electron chi connectivity index (χ3n) is 3.98. The first kappa shape index (κ1) is 20.9. The Morgan fingerprint density at radius 2 is 1.93 bits per heavy atom. The average molecular weight is 416 g/mol. The topological polar surface area (TPSA) is 88.4 Å². The van der Waals surface area contributed by atoms with Gasteiger partial charge in [0.1, 0.15) is 6.61 Å². The number of ether oxygens (including phenoxy) is 3. The molecular formula is C20H18F2N4O4. The van der Waals surface area contributed by atoms with Crippen LogP contribution in [0.25, 0.3) is 11.8 Å². The Balaban J connectivity index is 1.80. The number of esters is 1. The van der Waals surface area contributed by atoms with Crippen LogP contribution >= 0.6 is 0 Å². The van der Waals surface area contributed by atoms with Gasteiger partial charge in [-0.3, -0.25) is 0 Å². The molecule has 0 aliphatic carbocycles. The van der Waals surface area contributed by atoms with Gasteiger partial charge in [-0.1, -0.05) is 36.4 Å².